The van der Waals surface area contributed by atoms with Gasteiger partial charge in [-0.05, 0) is 55.5 Å². The van der Waals surface area contributed by atoms with Gasteiger partial charge in [-0.3, -0.25) is 29.3 Å². The van der Waals surface area contributed by atoms with Gasteiger partial charge in [-0.1, -0.05) is 26.3 Å². The maximum absolute atomic E-state index is 13.5. The van der Waals surface area contributed by atoms with Crippen molar-refractivity contribution in [2.45, 2.75) is 58.2 Å². The lowest BCUT2D eigenvalue weighted by molar-refractivity contribution is -0.384. The minimum atomic E-state index is -1.02. The zero-order valence-corrected chi connectivity index (χ0v) is 22.5. The number of primary amides is 1. The SMILES string of the molecule is CC[C@H](C)[C@@H]1NC(=O)c2cc([N+](=O)[O-])ccc2NCc2ccc(C(N)=O)cc2NC(=O)[C@H](CCCCN)NC1=O. The van der Waals surface area contributed by atoms with E-state index in [2.05, 4.69) is 21.3 Å². The number of nitrogens with one attached hydrogen (secondary N) is 4. The van der Waals surface area contributed by atoms with Gasteiger partial charge in [0.15, 0.2) is 0 Å². The van der Waals surface area contributed by atoms with Crippen LogP contribution in [-0.4, -0.2) is 47.2 Å². The largest absolute Gasteiger partial charge is 0.380 e. The number of nitro benzene ring substituents is 1. The van der Waals surface area contributed by atoms with Crippen molar-refractivity contribution >= 4 is 40.7 Å². The molecule has 3 rings (SSSR count). The Labute approximate surface area is 231 Å². The number of carbonyl (C=O) groups is 4. The van der Waals surface area contributed by atoms with Gasteiger partial charge in [0.25, 0.3) is 11.6 Å². The summed E-state index contributed by atoms with van der Waals surface area (Å²) in [6.07, 6.45) is 2.01. The van der Waals surface area contributed by atoms with Gasteiger partial charge in [0.1, 0.15) is 12.1 Å². The van der Waals surface area contributed by atoms with E-state index in [4.69, 9.17) is 11.5 Å². The van der Waals surface area contributed by atoms with Crippen molar-refractivity contribution in [2.75, 3.05) is 17.2 Å². The fourth-order valence-corrected chi connectivity index (χ4v) is 4.34. The first-order valence-corrected chi connectivity index (χ1v) is 13.1. The van der Waals surface area contributed by atoms with E-state index in [0.29, 0.717) is 31.4 Å². The first-order valence-electron chi connectivity index (χ1n) is 13.1. The highest BCUT2D eigenvalue weighted by atomic mass is 16.6. The molecule has 0 aliphatic carbocycles. The molecule has 13 heteroatoms. The van der Waals surface area contributed by atoms with Crippen LogP contribution in [0, 0.1) is 16.0 Å². The summed E-state index contributed by atoms with van der Waals surface area (Å²) in [4.78, 5) is 63.1. The smallest absolute Gasteiger partial charge is 0.270 e. The molecule has 1 aliphatic rings. The van der Waals surface area contributed by atoms with Crippen LogP contribution in [0.3, 0.4) is 0 Å². The van der Waals surface area contributed by atoms with Gasteiger partial charge in [-0.25, -0.2) is 0 Å². The van der Waals surface area contributed by atoms with Gasteiger partial charge >= 0.3 is 0 Å². The van der Waals surface area contributed by atoms with Gasteiger partial charge < -0.3 is 32.7 Å². The number of nitro groups is 1. The second-order valence-corrected chi connectivity index (χ2v) is 9.75. The molecule has 0 saturated heterocycles. The van der Waals surface area contributed by atoms with E-state index in [9.17, 15) is 29.3 Å². The number of nitrogens with two attached hydrogens (primary N) is 2. The molecule has 0 fully saturated rings. The van der Waals surface area contributed by atoms with E-state index in [-0.39, 0.29) is 47.1 Å². The third-order valence-corrected chi connectivity index (χ3v) is 6.94. The molecular formula is C27H35N7O6. The highest BCUT2D eigenvalue weighted by Gasteiger charge is 2.31. The maximum atomic E-state index is 13.5. The summed E-state index contributed by atoms with van der Waals surface area (Å²) >= 11 is 0. The topological polar surface area (TPSA) is 212 Å². The van der Waals surface area contributed by atoms with Crippen molar-refractivity contribution in [3.63, 3.8) is 0 Å². The number of anilines is 2. The number of hydrogen-bond acceptors (Lipinski definition) is 8. The Kier molecular flexibility index (Phi) is 10.1. The standard InChI is InChI=1S/C27H35N7O6/c1-3-15(2)23-27(38)31-21(6-4-5-11-28)26(37)32-22-12-16(24(29)35)7-8-17(22)14-30-20-10-9-18(34(39)40)13-19(20)25(36)33-23/h7-10,12-13,15,21,23,30H,3-6,11,14,28H2,1-2H3,(H2,29,35)(H,31,38)(H,32,37)(H,33,36)/t15-,21-,23-/m0/s1. The number of amides is 4. The molecule has 0 radical (unpaired) electrons. The van der Waals surface area contributed by atoms with Crippen molar-refractivity contribution in [3.8, 4) is 0 Å². The predicted molar refractivity (Wildman–Crippen MR) is 150 cm³/mol. The molecule has 4 amide bonds. The number of carbonyl (C=O) groups excluding carboxylic acids is 4. The minimum absolute atomic E-state index is 0.0220. The van der Waals surface area contributed by atoms with E-state index in [0.717, 1.165) is 6.07 Å². The summed E-state index contributed by atoms with van der Waals surface area (Å²) in [5, 5.41) is 22.8. The molecule has 3 atom stereocenters. The summed E-state index contributed by atoms with van der Waals surface area (Å²) in [5.74, 6) is -2.77. The van der Waals surface area contributed by atoms with Crippen molar-refractivity contribution in [1.82, 2.24) is 10.6 Å². The van der Waals surface area contributed by atoms with E-state index in [1.54, 1.807) is 13.0 Å². The number of non-ortho nitro benzene ring substituents is 1. The zero-order valence-electron chi connectivity index (χ0n) is 22.5. The van der Waals surface area contributed by atoms with Crippen molar-refractivity contribution in [1.29, 1.82) is 0 Å². The second kappa shape index (κ2) is 13.5. The van der Waals surface area contributed by atoms with Gasteiger partial charge in [-0.2, -0.15) is 0 Å². The van der Waals surface area contributed by atoms with Gasteiger partial charge in [0.05, 0.1) is 10.5 Å². The van der Waals surface area contributed by atoms with Crippen LogP contribution in [0.2, 0.25) is 0 Å². The fourth-order valence-electron chi connectivity index (χ4n) is 4.34. The average Bonchev–Trinajstić information content (AvgIpc) is 2.93. The van der Waals surface area contributed by atoms with Crippen LogP contribution >= 0.6 is 0 Å². The first-order chi connectivity index (χ1) is 19.0. The van der Waals surface area contributed by atoms with Crippen molar-refractivity contribution < 1.29 is 24.1 Å². The molecule has 0 bridgehead atoms. The van der Waals surface area contributed by atoms with Crippen molar-refractivity contribution in [3.05, 3.63) is 63.2 Å². The van der Waals surface area contributed by atoms with E-state index in [1.807, 2.05) is 6.92 Å². The number of benzene rings is 2. The van der Waals surface area contributed by atoms with Gasteiger partial charge in [-0.15, -0.1) is 0 Å². The van der Waals surface area contributed by atoms with E-state index < -0.39 is 40.6 Å². The monoisotopic (exact) mass is 553 g/mol. The predicted octanol–water partition coefficient (Wildman–Crippen LogP) is 2.02. The Balaban J connectivity index is 2.13. The molecule has 1 aliphatic heterocycles. The zero-order chi connectivity index (χ0) is 29.4. The average molecular weight is 554 g/mol. The van der Waals surface area contributed by atoms with E-state index in [1.165, 1.54) is 24.3 Å². The molecule has 0 aromatic heterocycles. The number of hydrogen-bond donors (Lipinski definition) is 6. The second-order valence-electron chi connectivity index (χ2n) is 9.75. The third-order valence-electron chi connectivity index (χ3n) is 6.94. The summed E-state index contributed by atoms with van der Waals surface area (Å²) in [7, 11) is 0. The number of nitrogens with zero attached hydrogens (tertiary/aromatic N) is 1. The molecule has 2 aromatic rings. The third kappa shape index (κ3) is 7.32. The Hall–Kier alpha value is -4.52. The summed E-state index contributed by atoms with van der Waals surface area (Å²) < 4.78 is 0. The van der Waals surface area contributed by atoms with Crippen LogP contribution in [0.4, 0.5) is 17.1 Å². The molecule has 2 aromatic carbocycles. The lowest BCUT2D eigenvalue weighted by atomic mass is 9.96. The lowest BCUT2D eigenvalue weighted by Gasteiger charge is -2.27. The quantitative estimate of drug-likeness (QED) is 0.161. The van der Waals surface area contributed by atoms with Gasteiger partial charge in [0, 0.05) is 35.6 Å². The summed E-state index contributed by atoms with van der Waals surface area (Å²) in [6, 6.07) is 6.35. The summed E-state index contributed by atoms with van der Waals surface area (Å²) in [5.41, 5.74) is 12.0. The molecule has 40 heavy (non-hydrogen) atoms. The first kappa shape index (κ1) is 30.0. The molecular weight excluding hydrogens is 518 g/mol. The minimum Gasteiger partial charge on any atom is -0.380 e. The van der Waals surface area contributed by atoms with Crippen LogP contribution in [0.25, 0.3) is 0 Å². The van der Waals surface area contributed by atoms with Gasteiger partial charge in [0.2, 0.25) is 17.7 Å². The fraction of sp³-hybridized carbons (Fsp3) is 0.407. The van der Waals surface area contributed by atoms with E-state index >= 15 is 0 Å². The Morgan fingerprint density at radius 1 is 1.07 bits per heavy atom. The molecule has 0 saturated carbocycles. The molecule has 0 spiro atoms. The van der Waals surface area contributed by atoms with Crippen LogP contribution in [0.5, 0.6) is 0 Å². The lowest BCUT2D eigenvalue weighted by Crippen LogP contribution is -2.55. The maximum Gasteiger partial charge on any atom is 0.270 e. The Morgan fingerprint density at radius 2 is 1.82 bits per heavy atom. The molecule has 0 unspecified atom stereocenters. The number of fused-ring (bicyclic) bond motifs is 2. The highest BCUT2D eigenvalue weighted by Crippen LogP contribution is 2.26. The molecule has 214 valence electrons. The molecule has 1 heterocycles. The van der Waals surface area contributed by atoms with Crippen LogP contribution in [0.15, 0.2) is 36.4 Å². The number of rotatable bonds is 8. The van der Waals surface area contributed by atoms with Crippen molar-refractivity contribution in [2.24, 2.45) is 17.4 Å². The van der Waals surface area contributed by atoms with Crippen LogP contribution in [-0.2, 0) is 16.1 Å². The number of unbranched alkanes of at least 4 members (excludes halogenated alkanes) is 1. The normalized spacial score (nSPS) is 18.5. The van der Waals surface area contributed by atoms with Crippen LogP contribution in [0.1, 0.15) is 65.8 Å². The Bertz CT molecular complexity index is 1300. The molecule has 8 N–H and O–H groups in total. The van der Waals surface area contributed by atoms with Crippen LogP contribution < -0.4 is 32.7 Å². The Morgan fingerprint density at radius 3 is 2.48 bits per heavy atom. The molecule has 13 nitrogen and oxygen atoms in total. The summed E-state index contributed by atoms with van der Waals surface area (Å²) in [6.45, 7) is 4.14. The highest BCUT2D eigenvalue weighted by molar-refractivity contribution is 6.04.